The largest absolute Gasteiger partial charge is 0.481 e. The highest BCUT2D eigenvalue weighted by molar-refractivity contribution is 5.79. The Morgan fingerprint density at radius 1 is 1.35 bits per heavy atom. The SMILES string of the molecule is CCC1CN(C(=O)NCC2(C(=O)O)CCC2)CCN1C. The topological polar surface area (TPSA) is 72.9 Å². The Balaban J connectivity index is 1.84. The fraction of sp³-hybridized carbons (Fsp3) is 0.857. The van der Waals surface area contributed by atoms with E-state index >= 15 is 0 Å². The highest BCUT2D eigenvalue weighted by atomic mass is 16.4. The lowest BCUT2D eigenvalue weighted by Crippen LogP contribution is -2.57. The number of carboxylic acid groups (broad SMARTS) is 1. The van der Waals surface area contributed by atoms with Gasteiger partial charge >= 0.3 is 12.0 Å². The molecule has 2 aliphatic rings. The average Bonchev–Trinajstić information content (AvgIpc) is 2.37. The molecular weight excluding hydrogens is 258 g/mol. The van der Waals surface area contributed by atoms with Crippen molar-refractivity contribution in [1.82, 2.24) is 15.1 Å². The summed E-state index contributed by atoms with van der Waals surface area (Å²) >= 11 is 0. The Morgan fingerprint density at radius 3 is 2.55 bits per heavy atom. The maximum atomic E-state index is 12.2. The number of rotatable bonds is 4. The first-order chi connectivity index (χ1) is 9.48. The molecule has 2 N–H and O–H groups in total. The van der Waals surface area contributed by atoms with Crippen LogP contribution in [0.25, 0.3) is 0 Å². The molecule has 1 aliphatic heterocycles. The number of hydrogen-bond acceptors (Lipinski definition) is 3. The third-order valence-electron chi connectivity index (χ3n) is 4.88. The number of hydrogen-bond donors (Lipinski definition) is 2. The Bertz CT molecular complexity index is 382. The molecule has 2 rings (SSSR count). The van der Waals surface area contributed by atoms with Gasteiger partial charge in [-0.1, -0.05) is 13.3 Å². The molecule has 1 unspecified atom stereocenters. The van der Waals surface area contributed by atoms with Crippen LogP contribution in [0.4, 0.5) is 4.79 Å². The van der Waals surface area contributed by atoms with E-state index in [2.05, 4.69) is 24.2 Å². The Hall–Kier alpha value is -1.30. The molecule has 2 amide bonds. The summed E-state index contributed by atoms with van der Waals surface area (Å²) in [6.45, 7) is 4.68. The van der Waals surface area contributed by atoms with E-state index < -0.39 is 11.4 Å². The molecule has 20 heavy (non-hydrogen) atoms. The molecule has 0 aromatic rings. The summed E-state index contributed by atoms with van der Waals surface area (Å²) in [7, 11) is 2.08. The maximum Gasteiger partial charge on any atom is 0.317 e. The number of carboxylic acids is 1. The van der Waals surface area contributed by atoms with Gasteiger partial charge in [0.1, 0.15) is 0 Å². The van der Waals surface area contributed by atoms with E-state index in [0.29, 0.717) is 25.4 Å². The number of urea groups is 1. The fourth-order valence-corrected chi connectivity index (χ4v) is 3.00. The minimum absolute atomic E-state index is 0.121. The van der Waals surface area contributed by atoms with Gasteiger partial charge in [0.25, 0.3) is 0 Å². The van der Waals surface area contributed by atoms with Crippen molar-refractivity contribution in [3.05, 3.63) is 0 Å². The van der Waals surface area contributed by atoms with Gasteiger partial charge in [-0.3, -0.25) is 9.69 Å². The molecule has 2 fully saturated rings. The highest BCUT2D eigenvalue weighted by Gasteiger charge is 2.44. The van der Waals surface area contributed by atoms with Gasteiger partial charge in [-0.05, 0) is 26.3 Å². The van der Waals surface area contributed by atoms with E-state index in [9.17, 15) is 14.7 Å². The molecule has 0 aromatic heterocycles. The minimum Gasteiger partial charge on any atom is -0.481 e. The van der Waals surface area contributed by atoms with E-state index in [1.807, 2.05) is 4.90 Å². The summed E-state index contributed by atoms with van der Waals surface area (Å²) in [5.74, 6) is -0.783. The van der Waals surface area contributed by atoms with Crippen LogP contribution < -0.4 is 5.32 Å². The van der Waals surface area contributed by atoms with Gasteiger partial charge < -0.3 is 15.3 Å². The zero-order valence-electron chi connectivity index (χ0n) is 12.4. The average molecular weight is 283 g/mol. The number of nitrogens with zero attached hydrogens (tertiary/aromatic N) is 2. The summed E-state index contributed by atoms with van der Waals surface area (Å²) in [5, 5.41) is 12.1. The molecule has 0 bridgehead atoms. The van der Waals surface area contributed by atoms with E-state index in [1.165, 1.54) is 0 Å². The number of amides is 2. The van der Waals surface area contributed by atoms with Gasteiger partial charge in [-0.2, -0.15) is 0 Å². The van der Waals surface area contributed by atoms with Gasteiger partial charge in [0, 0.05) is 32.2 Å². The first-order valence-corrected chi connectivity index (χ1v) is 7.45. The van der Waals surface area contributed by atoms with Crippen LogP contribution in [0.5, 0.6) is 0 Å². The van der Waals surface area contributed by atoms with Crippen molar-refractivity contribution in [2.45, 2.75) is 38.6 Å². The van der Waals surface area contributed by atoms with Crippen LogP contribution in [-0.4, -0.2) is 66.2 Å². The van der Waals surface area contributed by atoms with Crippen molar-refractivity contribution >= 4 is 12.0 Å². The second-order valence-electron chi connectivity index (χ2n) is 6.09. The van der Waals surface area contributed by atoms with Crippen LogP contribution in [0.1, 0.15) is 32.6 Å². The molecule has 114 valence electrons. The first-order valence-electron chi connectivity index (χ1n) is 7.45. The monoisotopic (exact) mass is 283 g/mol. The lowest BCUT2D eigenvalue weighted by Gasteiger charge is -2.41. The summed E-state index contributed by atoms with van der Waals surface area (Å²) in [5.41, 5.74) is -0.716. The van der Waals surface area contributed by atoms with Crippen LogP contribution >= 0.6 is 0 Å². The van der Waals surface area contributed by atoms with Gasteiger partial charge in [0.2, 0.25) is 0 Å². The van der Waals surface area contributed by atoms with Gasteiger partial charge in [-0.25, -0.2) is 4.79 Å². The van der Waals surface area contributed by atoms with Crippen molar-refractivity contribution in [3.63, 3.8) is 0 Å². The predicted molar refractivity (Wildman–Crippen MR) is 75.6 cm³/mol. The standard InChI is InChI=1S/C14H25N3O3/c1-3-11-9-17(8-7-16(11)2)13(20)15-10-14(12(18)19)5-4-6-14/h11H,3-10H2,1-2H3,(H,15,20)(H,18,19). The van der Waals surface area contributed by atoms with E-state index in [-0.39, 0.29) is 12.6 Å². The molecular formula is C14H25N3O3. The zero-order chi connectivity index (χ0) is 14.8. The highest BCUT2D eigenvalue weighted by Crippen LogP contribution is 2.40. The molecule has 6 nitrogen and oxygen atoms in total. The predicted octanol–water partition coefficient (Wildman–Crippen LogP) is 0.977. The molecule has 1 aliphatic carbocycles. The number of piperazine rings is 1. The van der Waals surface area contributed by atoms with Gasteiger partial charge in [-0.15, -0.1) is 0 Å². The molecule has 0 spiro atoms. The quantitative estimate of drug-likeness (QED) is 0.806. The molecule has 1 atom stereocenters. The number of carbonyl (C=O) groups excluding carboxylic acids is 1. The van der Waals surface area contributed by atoms with Crippen LogP contribution in [0.15, 0.2) is 0 Å². The van der Waals surface area contributed by atoms with Crippen LogP contribution in [0.2, 0.25) is 0 Å². The summed E-state index contributed by atoms with van der Waals surface area (Å²) in [6.07, 6.45) is 3.29. The van der Waals surface area contributed by atoms with E-state index in [4.69, 9.17) is 0 Å². The van der Waals surface area contributed by atoms with Crippen LogP contribution in [0.3, 0.4) is 0 Å². The van der Waals surface area contributed by atoms with Crippen molar-refractivity contribution in [2.75, 3.05) is 33.2 Å². The fourth-order valence-electron chi connectivity index (χ4n) is 3.00. The van der Waals surface area contributed by atoms with Crippen LogP contribution in [0, 0.1) is 5.41 Å². The molecule has 0 radical (unpaired) electrons. The Morgan fingerprint density at radius 2 is 2.05 bits per heavy atom. The second kappa shape index (κ2) is 5.99. The summed E-state index contributed by atoms with van der Waals surface area (Å²) < 4.78 is 0. The van der Waals surface area contributed by atoms with Crippen molar-refractivity contribution in [2.24, 2.45) is 5.41 Å². The summed E-state index contributed by atoms with van der Waals surface area (Å²) in [6, 6.07) is 0.274. The lowest BCUT2D eigenvalue weighted by atomic mass is 9.69. The molecule has 1 saturated carbocycles. The maximum absolute atomic E-state index is 12.2. The Labute approximate surface area is 120 Å². The van der Waals surface area contributed by atoms with E-state index in [0.717, 1.165) is 25.9 Å². The minimum atomic E-state index is -0.783. The number of likely N-dealkylation sites (N-methyl/N-ethyl adjacent to an activating group) is 1. The normalized spacial score (nSPS) is 25.9. The number of aliphatic carboxylic acids is 1. The van der Waals surface area contributed by atoms with E-state index in [1.54, 1.807) is 0 Å². The van der Waals surface area contributed by atoms with Crippen molar-refractivity contribution in [3.8, 4) is 0 Å². The smallest absolute Gasteiger partial charge is 0.317 e. The third-order valence-corrected chi connectivity index (χ3v) is 4.88. The summed E-state index contributed by atoms with van der Waals surface area (Å²) in [4.78, 5) is 27.5. The third kappa shape index (κ3) is 2.90. The molecule has 6 heteroatoms. The molecule has 1 saturated heterocycles. The first kappa shape index (κ1) is 15.1. The van der Waals surface area contributed by atoms with Gasteiger partial charge in [0.15, 0.2) is 0 Å². The van der Waals surface area contributed by atoms with Crippen molar-refractivity contribution in [1.29, 1.82) is 0 Å². The molecule has 0 aromatic carbocycles. The number of nitrogens with one attached hydrogen (secondary N) is 1. The Kier molecular flexibility index (Phi) is 4.52. The number of carbonyl (C=O) groups is 2. The second-order valence-corrected chi connectivity index (χ2v) is 6.09. The molecule has 1 heterocycles. The zero-order valence-corrected chi connectivity index (χ0v) is 12.4. The lowest BCUT2D eigenvalue weighted by molar-refractivity contribution is -0.153. The van der Waals surface area contributed by atoms with Crippen molar-refractivity contribution < 1.29 is 14.7 Å². The van der Waals surface area contributed by atoms with Gasteiger partial charge in [0.05, 0.1) is 5.41 Å². The van der Waals surface area contributed by atoms with Crippen LogP contribution in [-0.2, 0) is 4.79 Å².